The third-order valence-corrected chi connectivity index (χ3v) is 2.80. The molecule has 0 aliphatic rings. The van der Waals surface area contributed by atoms with E-state index in [2.05, 4.69) is 9.97 Å². The van der Waals surface area contributed by atoms with E-state index in [0.29, 0.717) is 6.42 Å². The van der Waals surface area contributed by atoms with Gasteiger partial charge in [0.15, 0.2) is 5.16 Å². The summed E-state index contributed by atoms with van der Waals surface area (Å²) < 4.78 is 0. The first-order valence-corrected chi connectivity index (χ1v) is 6.01. The molecule has 0 fully saturated rings. The quantitative estimate of drug-likeness (QED) is 0.438. The number of aryl methyl sites for hydroxylation is 2. The van der Waals surface area contributed by atoms with Crippen molar-refractivity contribution in [1.29, 1.82) is 0 Å². The van der Waals surface area contributed by atoms with Gasteiger partial charge in [0.2, 0.25) is 0 Å². The normalized spacial score (nSPS) is 10.3. The van der Waals surface area contributed by atoms with Gasteiger partial charge in [0.05, 0.1) is 0 Å². The zero-order valence-electron chi connectivity index (χ0n) is 9.41. The molecule has 1 heterocycles. The molecule has 1 aromatic rings. The lowest BCUT2D eigenvalue weighted by Gasteiger charge is -2.02. The predicted octanol–water partition coefficient (Wildman–Crippen LogP) is 2.55. The van der Waals surface area contributed by atoms with Gasteiger partial charge in [0.25, 0.3) is 0 Å². The molecule has 0 spiro atoms. The first-order valence-electron chi connectivity index (χ1n) is 5.02. The van der Waals surface area contributed by atoms with Crippen LogP contribution in [0.1, 0.15) is 31.2 Å². The average molecular weight is 224 g/mol. The van der Waals surface area contributed by atoms with Gasteiger partial charge in [-0.25, -0.2) is 9.97 Å². The van der Waals surface area contributed by atoms with E-state index in [4.69, 9.17) is 0 Å². The van der Waals surface area contributed by atoms with Crippen LogP contribution >= 0.6 is 11.8 Å². The summed E-state index contributed by atoms with van der Waals surface area (Å²) in [4.78, 5) is 19.4. The van der Waals surface area contributed by atoms with Crippen LogP contribution in [0.5, 0.6) is 0 Å². The van der Waals surface area contributed by atoms with Crippen LogP contribution in [-0.4, -0.2) is 21.5 Å². The van der Waals surface area contributed by atoms with E-state index in [-0.39, 0.29) is 5.78 Å². The van der Waals surface area contributed by atoms with Crippen LogP contribution in [0.3, 0.4) is 0 Å². The highest BCUT2D eigenvalue weighted by Crippen LogP contribution is 2.15. The fourth-order valence-corrected chi connectivity index (χ4v) is 2.13. The van der Waals surface area contributed by atoms with Crippen molar-refractivity contribution in [2.75, 3.05) is 5.75 Å². The van der Waals surface area contributed by atoms with Gasteiger partial charge in [0.1, 0.15) is 5.78 Å². The Morgan fingerprint density at radius 2 is 1.93 bits per heavy atom. The van der Waals surface area contributed by atoms with Gasteiger partial charge in [0, 0.05) is 23.6 Å². The zero-order valence-corrected chi connectivity index (χ0v) is 10.2. The summed E-state index contributed by atoms with van der Waals surface area (Å²) in [6, 6.07) is 1.96. The highest BCUT2D eigenvalue weighted by atomic mass is 32.2. The summed E-state index contributed by atoms with van der Waals surface area (Å²) in [5.74, 6) is 1.15. The summed E-state index contributed by atoms with van der Waals surface area (Å²) in [5, 5.41) is 0.816. The minimum absolute atomic E-state index is 0.247. The molecule has 0 radical (unpaired) electrons. The fourth-order valence-electron chi connectivity index (χ4n) is 1.24. The Bertz CT molecular complexity index is 332. The average Bonchev–Trinajstić information content (AvgIpc) is 2.10. The number of Topliss-reactive ketones (excluding diaryl/α,β-unsaturated/α-hetero) is 1. The van der Waals surface area contributed by atoms with Crippen molar-refractivity contribution in [2.24, 2.45) is 0 Å². The summed E-state index contributed by atoms with van der Waals surface area (Å²) in [6.07, 6.45) is 1.55. The minimum Gasteiger partial charge on any atom is -0.300 e. The van der Waals surface area contributed by atoms with Crippen molar-refractivity contribution in [3.8, 4) is 0 Å². The van der Waals surface area contributed by atoms with Gasteiger partial charge in [-0.1, -0.05) is 11.8 Å². The summed E-state index contributed by atoms with van der Waals surface area (Å²) in [6.45, 7) is 5.56. The first kappa shape index (κ1) is 12.2. The molecule has 0 aliphatic carbocycles. The number of aromatic nitrogens is 2. The number of hydrogen-bond donors (Lipinski definition) is 0. The van der Waals surface area contributed by atoms with E-state index in [1.54, 1.807) is 18.7 Å². The second-order valence-corrected chi connectivity index (χ2v) is 4.65. The molecule has 0 saturated carbocycles. The molecule has 0 unspecified atom stereocenters. The van der Waals surface area contributed by atoms with E-state index in [9.17, 15) is 4.79 Å². The molecule has 0 atom stereocenters. The summed E-state index contributed by atoms with van der Waals surface area (Å²) >= 11 is 1.62. The van der Waals surface area contributed by atoms with E-state index >= 15 is 0 Å². The molecule has 0 bridgehead atoms. The fraction of sp³-hybridized carbons (Fsp3) is 0.545. The van der Waals surface area contributed by atoms with Gasteiger partial charge in [-0.05, 0) is 33.3 Å². The number of carbonyl (C=O) groups excluding carboxylic acids is 1. The molecule has 3 nitrogen and oxygen atoms in total. The Hall–Kier alpha value is -0.900. The molecule has 0 aliphatic heterocycles. The lowest BCUT2D eigenvalue weighted by atomic mass is 10.3. The molecule has 0 saturated heterocycles. The van der Waals surface area contributed by atoms with Crippen LogP contribution < -0.4 is 0 Å². The Balaban J connectivity index is 2.40. The Kier molecular flexibility index (Phi) is 4.75. The van der Waals surface area contributed by atoms with Crippen LogP contribution in [0.25, 0.3) is 0 Å². The van der Waals surface area contributed by atoms with Crippen LogP contribution in [0, 0.1) is 13.8 Å². The van der Waals surface area contributed by atoms with Crippen molar-refractivity contribution in [1.82, 2.24) is 9.97 Å². The third kappa shape index (κ3) is 4.93. The molecular weight excluding hydrogens is 208 g/mol. The topological polar surface area (TPSA) is 42.9 Å². The maximum absolute atomic E-state index is 10.7. The molecular formula is C11H16N2OS. The Morgan fingerprint density at radius 1 is 1.33 bits per heavy atom. The lowest BCUT2D eigenvalue weighted by Crippen LogP contribution is -1.95. The number of rotatable bonds is 5. The Morgan fingerprint density at radius 3 is 2.47 bits per heavy atom. The number of carbonyl (C=O) groups is 1. The Labute approximate surface area is 94.7 Å². The van der Waals surface area contributed by atoms with E-state index in [1.165, 1.54) is 0 Å². The number of thioether (sulfide) groups is 1. The molecule has 0 amide bonds. The molecule has 1 aromatic heterocycles. The maximum Gasteiger partial charge on any atom is 0.187 e. The molecule has 82 valence electrons. The van der Waals surface area contributed by atoms with Gasteiger partial charge >= 0.3 is 0 Å². The van der Waals surface area contributed by atoms with Crippen molar-refractivity contribution >= 4 is 17.5 Å². The van der Waals surface area contributed by atoms with Crippen molar-refractivity contribution in [3.05, 3.63) is 17.5 Å². The van der Waals surface area contributed by atoms with Crippen molar-refractivity contribution in [2.45, 2.75) is 38.8 Å². The van der Waals surface area contributed by atoms with E-state index in [1.807, 2.05) is 19.9 Å². The van der Waals surface area contributed by atoms with Crippen LogP contribution in [0.2, 0.25) is 0 Å². The van der Waals surface area contributed by atoms with Crippen LogP contribution in [0.4, 0.5) is 0 Å². The monoisotopic (exact) mass is 224 g/mol. The third-order valence-electron chi connectivity index (χ3n) is 1.87. The van der Waals surface area contributed by atoms with Gasteiger partial charge in [-0.15, -0.1) is 0 Å². The van der Waals surface area contributed by atoms with Gasteiger partial charge < -0.3 is 4.79 Å². The van der Waals surface area contributed by atoms with Crippen molar-refractivity contribution in [3.63, 3.8) is 0 Å². The standard InChI is InChI=1S/C11H16N2OS/c1-8-7-9(2)13-11(12-8)15-6-4-5-10(3)14/h7H,4-6H2,1-3H3. The lowest BCUT2D eigenvalue weighted by molar-refractivity contribution is -0.117. The summed E-state index contributed by atoms with van der Waals surface area (Å²) in [5.41, 5.74) is 1.99. The van der Waals surface area contributed by atoms with E-state index in [0.717, 1.165) is 28.7 Å². The van der Waals surface area contributed by atoms with Crippen molar-refractivity contribution < 1.29 is 4.79 Å². The largest absolute Gasteiger partial charge is 0.300 e. The van der Waals surface area contributed by atoms with Gasteiger partial charge in [-0.3, -0.25) is 0 Å². The molecule has 4 heteroatoms. The van der Waals surface area contributed by atoms with Crippen LogP contribution in [0.15, 0.2) is 11.2 Å². The highest BCUT2D eigenvalue weighted by Gasteiger charge is 2.00. The van der Waals surface area contributed by atoms with Gasteiger partial charge in [-0.2, -0.15) is 0 Å². The zero-order chi connectivity index (χ0) is 11.3. The molecule has 1 rings (SSSR count). The molecule has 0 aromatic carbocycles. The van der Waals surface area contributed by atoms with Crippen LogP contribution in [-0.2, 0) is 4.79 Å². The SMILES string of the molecule is CC(=O)CCCSc1nc(C)cc(C)n1. The smallest absolute Gasteiger partial charge is 0.187 e. The predicted molar refractivity (Wildman–Crippen MR) is 62.1 cm³/mol. The van der Waals surface area contributed by atoms with E-state index < -0.39 is 0 Å². The number of hydrogen-bond acceptors (Lipinski definition) is 4. The maximum atomic E-state index is 10.7. The first-order chi connectivity index (χ1) is 7.08. The highest BCUT2D eigenvalue weighted by molar-refractivity contribution is 7.99. The molecule has 15 heavy (non-hydrogen) atoms. The second-order valence-electron chi connectivity index (χ2n) is 3.59. The minimum atomic E-state index is 0.247. The molecule has 0 N–H and O–H groups in total. The number of nitrogens with zero attached hydrogens (tertiary/aromatic N) is 2. The summed E-state index contributed by atoms with van der Waals surface area (Å²) in [7, 11) is 0. The number of ketones is 1. The second kappa shape index (κ2) is 5.85.